The van der Waals surface area contributed by atoms with Crippen LogP contribution in [0.5, 0.6) is 5.75 Å². The summed E-state index contributed by atoms with van der Waals surface area (Å²) in [4.78, 5) is 28.2. The third-order valence-electron chi connectivity index (χ3n) is 4.16. The fourth-order valence-electron chi connectivity index (χ4n) is 2.78. The Kier molecular flexibility index (Phi) is 5.55. The van der Waals surface area contributed by atoms with Gasteiger partial charge in [0.2, 0.25) is 0 Å². The second-order valence-electron chi connectivity index (χ2n) is 6.15. The van der Waals surface area contributed by atoms with Crippen molar-refractivity contribution in [2.24, 2.45) is 0 Å². The van der Waals surface area contributed by atoms with Gasteiger partial charge < -0.3 is 14.1 Å². The molecule has 0 bridgehead atoms. The van der Waals surface area contributed by atoms with Gasteiger partial charge in [-0.25, -0.2) is 4.79 Å². The van der Waals surface area contributed by atoms with E-state index >= 15 is 0 Å². The number of rotatable bonds is 7. The molecule has 3 aromatic heterocycles. The van der Waals surface area contributed by atoms with E-state index in [1.165, 1.54) is 6.07 Å². The van der Waals surface area contributed by atoms with Gasteiger partial charge in [-0.3, -0.25) is 4.79 Å². The summed E-state index contributed by atoms with van der Waals surface area (Å²) in [6.07, 6.45) is 0. The number of carbonyl (C=O) groups excluding carboxylic acids is 1. The van der Waals surface area contributed by atoms with Crippen LogP contribution in [-0.4, -0.2) is 17.4 Å². The van der Waals surface area contributed by atoms with Crippen molar-refractivity contribution in [1.82, 2.24) is 4.90 Å². The standard InChI is InChI=1S/C21H17NO4S2/c23-20(14-25-16-7-5-15-6-8-21(24)26-19(15)11-16)22(12-17-3-1-9-27-17)13-18-4-2-10-28-18/h1-11H,12-14H2. The first-order valence-corrected chi connectivity index (χ1v) is 10.4. The summed E-state index contributed by atoms with van der Waals surface area (Å²) in [7, 11) is 0. The summed E-state index contributed by atoms with van der Waals surface area (Å²) in [6.45, 7) is 1.01. The summed E-state index contributed by atoms with van der Waals surface area (Å²) in [5.74, 6) is 0.388. The molecule has 0 saturated heterocycles. The molecule has 0 unspecified atom stereocenters. The highest BCUT2D eigenvalue weighted by Crippen LogP contribution is 2.21. The van der Waals surface area contributed by atoms with E-state index in [1.54, 1.807) is 51.8 Å². The molecule has 0 saturated carbocycles. The first-order valence-electron chi connectivity index (χ1n) is 8.67. The second-order valence-corrected chi connectivity index (χ2v) is 8.22. The van der Waals surface area contributed by atoms with Gasteiger partial charge in [-0.1, -0.05) is 12.1 Å². The molecule has 7 heteroatoms. The number of carbonyl (C=O) groups is 1. The van der Waals surface area contributed by atoms with Gasteiger partial charge in [-0.05, 0) is 41.1 Å². The minimum atomic E-state index is -0.418. The fraction of sp³-hybridized carbons (Fsp3) is 0.143. The van der Waals surface area contributed by atoms with Crippen molar-refractivity contribution >= 4 is 39.5 Å². The van der Waals surface area contributed by atoms with Crippen LogP contribution in [0.25, 0.3) is 11.0 Å². The maximum atomic E-state index is 12.8. The number of hydrogen-bond acceptors (Lipinski definition) is 6. The summed E-state index contributed by atoms with van der Waals surface area (Å²) < 4.78 is 10.9. The average molecular weight is 412 g/mol. The van der Waals surface area contributed by atoms with Crippen molar-refractivity contribution in [3.8, 4) is 5.75 Å². The van der Waals surface area contributed by atoms with Crippen LogP contribution in [0, 0.1) is 0 Å². The highest BCUT2D eigenvalue weighted by molar-refractivity contribution is 7.10. The summed E-state index contributed by atoms with van der Waals surface area (Å²) in [5.41, 5.74) is 0.0188. The van der Waals surface area contributed by atoms with E-state index in [2.05, 4.69) is 0 Å². The summed E-state index contributed by atoms with van der Waals surface area (Å²) in [5, 5.41) is 4.81. The predicted molar refractivity (Wildman–Crippen MR) is 111 cm³/mol. The quantitative estimate of drug-likeness (QED) is 0.420. The third kappa shape index (κ3) is 4.49. The molecule has 0 atom stereocenters. The van der Waals surface area contributed by atoms with Gasteiger partial charge in [0.25, 0.3) is 5.91 Å². The number of amides is 1. The maximum absolute atomic E-state index is 12.8. The summed E-state index contributed by atoms with van der Waals surface area (Å²) >= 11 is 3.25. The molecule has 1 amide bonds. The van der Waals surface area contributed by atoms with Gasteiger partial charge in [0, 0.05) is 27.3 Å². The van der Waals surface area contributed by atoms with Crippen molar-refractivity contribution < 1.29 is 13.9 Å². The molecule has 0 aliphatic carbocycles. The van der Waals surface area contributed by atoms with Crippen molar-refractivity contribution in [3.05, 3.63) is 85.5 Å². The zero-order valence-corrected chi connectivity index (χ0v) is 16.5. The van der Waals surface area contributed by atoms with E-state index < -0.39 is 5.63 Å². The lowest BCUT2D eigenvalue weighted by Crippen LogP contribution is -2.33. The number of thiophene rings is 2. The monoisotopic (exact) mass is 411 g/mol. The van der Waals surface area contributed by atoms with Crippen LogP contribution in [-0.2, 0) is 17.9 Å². The lowest BCUT2D eigenvalue weighted by molar-refractivity contribution is -0.134. The highest BCUT2D eigenvalue weighted by atomic mass is 32.1. The normalized spacial score (nSPS) is 10.9. The first kappa shape index (κ1) is 18.5. The van der Waals surface area contributed by atoms with Gasteiger partial charge in [0.15, 0.2) is 6.61 Å². The zero-order chi connectivity index (χ0) is 19.3. The average Bonchev–Trinajstić information content (AvgIpc) is 3.39. The third-order valence-corrected chi connectivity index (χ3v) is 5.89. The molecule has 1 aromatic carbocycles. The Balaban J connectivity index is 1.46. The van der Waals surface area contributed by atoms with Crippen LogP contribution in [0.1, 0.15) is 9.75 Å². The Labute approximate surface area is 169 Å². The number of benzene rings is 1. The van der Waals surface area contributed by atoms with E-state index in [-0.39, 0.29) is 12.5 Å². The lowest BCUT2D eigenvalue weighted by Gasteiger charge is -2.21. The van der Waals surface area contributed by atoms with Crippen LogP contribution in [0.4, 0.5) is 0 Å². The number of fused-ring (bicyclic) bond motifs is 1. The Morgan fingerprint density at radius 1 is 0.964 bits per heavy atom. The van der Waals surface area contributed by atoms with Crippen LogP contribution in [0.3, 0.4) is 0 Å². The van der Waals surface area contributed by atoms with Gasteiger partial charge >= 0.3 is 5.63 Å². The van der Waals surface area contributed by atoms with E-state index in [0.29, 0.717) is 24.4 Å². The van der Waals surface area contributed by atoms with Crippen molar-refractivity contribution in [1.29, 1.82) is 0 Å². The SMILES string of the molecule is O=C(COc1ccc2ccc(=O)oc2c1)N(Cc1cccs1)Cc1cccs1. The van der Waals surface area contributed by atoms with E-state index in [1.807, 2.05) is 35.0 Å². The molecule has 3 heterocycles. The molecule has 5 nitrogen and oxygen atoms in total. The highest BCUT2D eigenvalue weighted by Gasteiger charge is 2.17. The molecule has 0 radical (unpaired) electrons. The molecule has 0 spiro atoms. The Hall–Kier alpha value is -2.90. The number of nitrogens with zero attached hydrogens (tertiary/aromatic N) is 1. The molecular weight excluding hydrogens is 394 g/mol. The predicted octanol–water partition coefficient (Wildman–Crippen LogP) is 4.52. The zero-order valence-electron chi connectivity index (χ0n) is 14.9. The number of hydrogen-bond donors (Lipinski definition) is 0. The van der Waals surface area contributed by atoms with E-state index in [4.69, 9.17) is 9.15 Å². The minimum absolute atomic E-state index is 0.0840. The van der Waals surface area contributed by atoms with Gasteiger partial charge in [-0.2, -0.15) is 0 Å². The summed E-state index contributed by atoms with van der Waals surface area (Å²) in [6, 6.07) is 16.3. The molecular formula is C21H17NO4S2. The van der Waals surface area contributed by atoms with Crippen molar-refractivity contribution in [3.63, 3.8) is 0 Å². The van der Waals surface area contributed by atoms with Crippen LogP contribution in [0.2, 0.25) is 0 Å². The van der Waals surface area contributed by atoms with Crippen LogP contribution < -0.4 is 10.4 Å². The fourth-order valence-corrected chi connectivity index (χ4v) is 4.22. The Morgan fingerprint density at radius 2 is 1.64 bits per heavy atom. The maximum Gasteiger partial charge on any atom is 0.336 e. The minimum Gasteiger partial charge on any atom is -0.484 e. The molecule has 0 aliphatic heterocycles. The lowest BCUT2D eigenvalue weighted by atomic mass is 10.2. The largest absolute Gasteiger partial charge is 0.484 e. The van der Waals surface area contributed by atoms with Crippen molar-refractivity contribution in [2.75, 3.05) is 6.61 Å². The molecule has 0 N–H and O–H groups in total. The van der Waals surface area contributed by atoms with Crippen LogP contribution >= 0.6 is 22.7 Å². The first-order chi connectivity index (χ1) is 13.7. The molecule has 142 valence electrons. The van der Waals surface area contributed by atoms with Gasteiger partial charge in [-0.15, -0.1) is 22.7 Å². The Morgan fingerprint density at radius 3 is 2.29 bits per heavy atom. The number of ether oxygens (including phenoxy) is 1. The Bertz CT molecular complexity index is 1080. The molecule has 0 fully saturated rings. The van der Waals surface area contributed by atoms with E-state index in [0.717, 1.165) is 15.1 Å². The van der Waals surface area contributed by atoms with Gasteiger partial charge in [0.1, 0.15) is 11.3 Å². The van der Waals surface area contributed by atoms with Crippen molar-refractivity contribution in [2.45, 2.75) is 13.1 Å². The smallest absolute Gasteiger partial charge is 0.336 e. The van der Waals surface area contributed by atoms with Crippen LogP contribution in [0.15, 0.2) is 74.6 Å². The van der Waals surface area contributed by atoms with Gasteiger partial charge in [0.05, 0.1) is 13.1 Å². The molecule has 28 heavy (non-hydrogen) atoms. The van der Waals surface area contributed by atoms with E-state index in [9.17, 15) is 9.59 Å². The topological polar surface area (TPSA) is 59.8 Å². The second kappa shape index (κ2) is 8.41. The molecule has 0 aliphatic rings. The molecule has 4 rings (SSSR count). The molecule has 4 aromatic rings.